The summed E-state index contributed by atoms with van der Waals surface area (Å²) in [5.74, 6) is 0.740. The summed E-state index contributed by atoms with van der Waals surface area (Å²) in [5, 5.41) is 12.0. The SMILES string of the molecule is CC(C)(C)n1ncc2c1N=NNC2N. The van der Waals surface area contributed by atoms with E-state index in [2.05, 4.69) is 41.6 Å². The highest BCUT2D eigenvalue weighted by atomic mass is 15.5. The predicted molar refractivity (Wildman–Crippen MR) is 51.8 cm³/mol. The molecule has 76 valence electrons. The van der Waals surface area contributed by atoms with Crippen molar-refractivity contribution >= 4 is 5.82 Å². The van der Waals surface area contributed by atoms with Gasteiger partial charge in [0.25, 0.3) is 0 Å². The van der Waals surface area contributed by atoms with E-state index in [9.17, 15) is 0 Å². The van der Waals surface area contributed by atoms with Crippen LogP contribution in [0.3, 0.4) is 0 Å². The second-order valence-electron chi connectivity index (χ2n) is 4.31. The minimum Gasteiger partial charge on any atom is -0.306 e. The summed E-state index contributed by atoms with van der Waals surface area (Å²) >= 11 is 0. The van der Waals surface area contributed by atoms with E-state index in [4.69, 9.17) is 5.73 Å². The van der Waals surface area contributed by atoms with Gasteiger partial charge in [-0.1, -0.05) is 5.22 Å². The Hall–Kier alpha value is -1.43. The summed E-state index contributed by atoms with van der Waals surface area (Å²) in [7, 11) is 0. The average molecular weight is 194 g/mol. The van der Waals surface area contributed by atoms with E-state index in [0.29, 0.717) is 0 Å². The lowest BCUT2D eigenvalue weighted by Gasteiger charge is -2.22. The van der Waals surface area contributed by atoms with Crippen LogP contribution in [0.25, 0.3) is 0 Å². The maximum absolute atomic E-state index is 5.78. The van der Waals surface area contributed by atoms with Gasteiger partial charge in [-0.2, -0.15) is 5.10 Å². The molecule has 0 amide bonds. The number of hydrogen-bond donors (Lipinski definition) is 2. The van der Waals surface area contributed by atoms with Crippen LogP contribution in [-0.2, 0) is 5.54 Å². The van der Waals surface area contributed by atoms with Gasteiger partial charge in [-0.05, 0) is 20.8 Å². The van der Waals surface area contributed by atoms with Crippen LogP contribution in [0.2, 0.25) is 0 Å². The lowest BCUT2D eigenvalue weighted by molar-refractivity contribution is 0.355. The fourth-order valence-corrected chi connectivity index (χ4v) is 1.37. The summed E-state index contributed by atoms with van der Waals surface area (Å²) < 4.78 is 1.83. The molecule has 0 saturated carbocycles. The summed E-state index contributed by atoms with van der Waals surface area (Å²) in [4.78, 5) is 0. The lowest BCUT2D eigenvalue weighted by atomic mass is 10.1. The van der Waals surface area contributed by atoms with Gasteiger partial charge in [0.15, 0.2) is 5.82 Å². The van der Waals surface area contributed by atoms with Gasteiger partial charge in [-0.25, -0.2) is 4.68 Å². The van der Waals surface area contributed by atoms with Gasteiger partial charge in [0.1, 0.15) is 6.17 Å². The quantitative estimate of drug-likeness (QED) is 0.651. The van der Waals surface area contributed by atoms with Gasteiger partial charge in [0.05, 0.1) is 17.3 Å². The number of rotatable bonds is 0. The minimum atomic E-state index is -0.307. The molecule has 0 saturated heterocycles. The number of nitrogens with two attached hydrogens (primary N) is 1. The zero-order chi connectivity index (χ0) is 10.3. The van der Waals surface area contributed by atoms with Crippen LogP contribution in [0.1, 0.15) is 32.5 Å². The zero-order valence-corrected chi connectivity index (χ0v) is 8.52. The van der Waals surface area contributed by atoms with Gasteiger partial charge < -0.3 is 5.73 Å². The first-order valence-corrected chi connectivity index (χ1v) is 4.50. The largest absolute Gasteiger partial charge is 0.306 e. The highest BCUT2D eigenvalue weighted by Gasteiger charge is 2.25. The molecule has 1 aliphatic rings. The standard InChI is InChI=1S/C8H14N6/c1-8(2,3)14-7-5(4-10-14)6(9)11-13-12-7/h4,6H,9H2,1-3H3,(H,11,12). The van der Waals surface area contributed by atoms with Crippen molar-refractivity contribution in [1.29, 1.82) is 0 Å². The van der Waals surface area contributed by atoms with E-state index < -0.39 is 0 Å². The molecule has 14 heavy (non-hydrogen) atoms. The number of aromatic nitrogens is 2. The molecule has 6 heteroatoms. The fourth-order valence-electron chi connectivity index (χ4n) is 1.37. The molecule has 1 aromatic heterocycles. The third kappa shape index (κ3) is 1.27. The lowest BCUT2D eigenvalue weighted by Crippen LogP contribution is -2.27. The molecule has 2 heterocycles. The fraction of sp³-hybridized carbons (Fsp3) is 0.625. The molecule has 1 unspecified atom stereocenters. The molecule has 3 N–H and O–H groups in total. The molecular formula is C8H14N6. The number of nitrogens with one attached hydrogen (secondary N) is 1. The van der Waals surface area contributed by atoms with Crippen LogP contribution in [-0.4, -0.2) is 9.78 Å². The first-order valence-electron chi connectivity index (χ1n) is 4.50. The molecule has 1 atom stereocenters. The van der Waals surface area contributed by atoms with E-state index in [1.807, 2.05) is 4.68 Å². The van der Waals surface area contributed by atoms with Crippen molar-refractivity contribution in [2.24, 2.45) is 16.1 Å². The van der Waals surface area contributed by atoms with E-state index in [1.165, 1.54) is 0 Å². The average Bonchev–Trinajstić information content (AvgIpc) is 2.47. The Bertz CT molecular complexity index is 372. The third-order valence-electron chi connectivity index (χ3n) is 2.08. The molecule has 1 aromatic rings. The first-order chi connectivity index (χ1) is 6.50. The summed E-state index contributed by atoms with van der Waals surface area (Å²) in [5.41, 5.74) is 9.25. The number of fused-ring (bicyclic) bond motifs is 1. The highest BCUT2D eigenvalue weighted by Crippen LogP contribution is 2.30. The van der Waals surface area contributed by atoms with Gasteiger partial charge in [-0.15, -0.1) is 5.11 Å². The van der Waals surface area contributed by atoms with Crippen LogP contribution in [0, 0.1) is 0 Å². The van der Waals surface area contributed by atoms with E-state index in [-0.39, 0.29) is 11.7 Å². The third-order valence-corrected chi connectivity index (χ3v) is 2.08. The molecule has 6 nitrogen and oxygen atoms in total. The van der Waals surface area contributed by atoms with Gasteiger partial charge in [0, 0.05) is 0 Å². The molecular weight excluding hydrogens is 180 g/mol. The summed E-state index contributed by atoms with van der Waals surface area (Å²) in [6, 6.07) is 0. The van der Waals surface area contributed by atoms with Gasteiger partial charge in [0.2, 0.25) is 0 Å². The second-order valence-corrected chi connectivity index (χ2v) is 4.31. The Balaban J connectivity index is 2.53. The Morgan fingerprint density at radius 2 is 2.21 bits per heavy atom. The van der Waals surface area contributed by atoms with Crippen molar-refractivity contribution in [3.8, 4) is 0 Å². The van der Waals surface area contributed by atoms with Crippen molar-refractivity contribution in [3.05, 3.63) is 11.8 Å². The maximum atomic E-state index is 5.78. The number of nitrogens with zero attached hydrogens (tertiary/aromatic N) is 4. The molecule has 0 aliphatic carbocycles. The smallest absolute Gasteiger partial charge is 0.181 e. The van der Waals surface area contributed by atoms with Crippen LogP contribution in [0.5, 0.6) is 0 Å². The molecule has 0 aromatic carbocycles. The van der Waals surface area contributed by atoms with Crippen molar-refractivity contribution in [2.45, 2.75) is 32.5 Å². The van der Waals surface area contributed by atoms with Crippen molar-refractivity contribution < 1.29 is 0 Å². The first kappa shape index (κ1) is 9.14. The Morgan fingerprint density at radius 1 is 1.50 bits per heavy atom. The monoisotopic (exact) mass is 194 g/mol. The zero-order valence-electron chi connectivity index (χ0n) is 8.52. The van der Waals surface area contributed by atoms with E-state index >= 15 is 0 Å². The topological polar surface area (TPSA) is 80.6 Å². The van der Waals surface area contributed by atoms with Crippen molar-refractivity contribution in [2.75, 3.05) is 0 Å². The van der Waals surface area contributed by atoms with Gasteiger partial charge in [-0.3, -0.25) is 5.43 Å². The summed E-state index contributed by atoms with van der Waals surface area (Å²) in [6.07, 6.45) is 1.43. The second kappa shape index (κ2) is 2.78. The Kier molecular flexibility index (Phi) is 1.81. The van der Waals surface area contributed by atoms with Crippen LogP contribution in [0.15, 0.2) is 16.5 Å². The summed E-state index contributed by atoms with van der Waals surface area (Å²) in [6.45, 7) is 6.18. The predicted octanol–water partition coefficient (Wildman–Crippen LogP) is 1.20. The van der Waals surface area contributed by atoms with Gasteiger partial charge >= 0.3 is 0 Å². The highest BCUT2D eigenvalue weighted by molar-refractivity contribution is 5.41. The maximum Gasteiger partial charge on any atom is 0.181 e. The van der Waals surface area contributed by atoms with Crippen LogP contribution < -0.4 is 11.2 Å². The van der Waals surface area contributed by atoms with E-state index in [0.717, 1.165) is 11.4 Å². The molecule has 0 radical (unpaired) electrons. The van der Waals surface area contributed by atoms with Crippen LogP contribution in [0.4, 0.5) is 5.82 Å². The molecule has 1 aliphatic heterocycles. The minimum absolute atomic E-state index is 0.107. The normalized spacial score (nSPS) is 20.4. The molecule has 0 spiro atoms. The Labute approximate surface area is 82.2 Å². The Morgan fingerprint density at radius 3 is 2.86 bits per heavy atom. The number of hydrogen-bond acceptors (Lipinski definition) is 5. The van der Waals surface area contributed by atoms with Crippen LogP contribution >= 0.6 is 0 Å². The van der Waals surface area contributed by atoms with E-state index in [1.54, 1.807) is 6.20 Å². The molecule has 0 fully saturated rings. The molecule has 2 rings (SSSR count). The molecule has 0 bridgehead atoms. The van der Waals surface area contributed by atoms with Crippen molar-refractivity contribution in [3.63, 3.8) is 0 Å². The van der Waals surface area contributed by atoms with Crippen molar-refractivity contribution in [1.82, 2.24) is 15.2 Å².